The zero-order chi connectivity index (χ0) is 15.5. The second-order valence-electron chi connectivity index (χ2n) is 5.65. The fraction of sp³-hybridized carbons (Fsp3) is 0.438. The average Bonchev–Trinajstić information content (AvgIpc) is 2.87. The molecule has 1 saturated carbocycles. The molecule has 0 atom stereocenters. The number of benzene rings is 1. The van der Waals surface area contributed by atoms with Gasteiger partial charge in [0.1, 0.15) is 12.6 Å². The number of carbonyl (C=O) groups is 3. The molecule has 3 amide bonds. The van der Waals surface area contributed by atoms with Gasteiger partial charge in [0.2, 0.25) is 5.91 Å². The van der Waals surface area contributed by atoms with Crippen molar-refractivity contribution in [3.05, 3.63) is 29.8 Å². The summed E-state index contributed by atoms with van der Waals surface area (Å²) in [4.78, 5) is 36.2. The van der Waals surface area contributed by atoms with Crippen molar-refractivity contribution in [2.75, 3.05) is 11.4 Å². The molecule has 22 heavy (non-hydrogen) atoms. The van der Waals surface area contributed by atoms with E-state index in [4.69, 9.17) is 4.74 Å². The number of rotatable bonds is 3. The normalized spacial score (nSPS) is 19.2. The van der Waals surface area contributed by atoms with Crippen LogP contribution in [0.5, 0.6) is 0 Å². The van der Waals surface area contributed by atoms with Crippen LogP contribution in [0.1, 0.15) is 42.5 Å². The maximum absolute atomic E-state index is 12.1. The van der Waals surface area contributed by atoms with Crippen LogP contribution in [0.25, 0.3) is 0 Å². The van der Waals surface area contributed by atoms with Crippen molar-refractivity contribution in [1.82, 2.24) is 5.32 Å². The standard InChI is InChI=1S/C16H18N2O4/c19-14-10-18(16(21)17-14)12-8-6-11(7-9-12)15(20)22-13-4-2-1-3-5-13/h6-9,13H,1-5,10H2,(H,17,19,21). The molecule has 1 aromatic rings. The first-order chi connectivity index (χ1) is 10.6. The fourth-order valence-electron chi connectivity index (χ4n) is 2.83. The van der Waals surface area contributed by atoms with E-state index in [0.29, 0.717) is 11.3 Å². The van der Waals surface area contributed by atoms with Gasteiger partial charge in [-0.3, -0.25) is 15.0 Å². The number of carbonyl (C=O) groups excluding carboxylic acids is 3. The Labute approximate surface area is 128 Å². The highest BCUT2D eigenvalue weighted by Gasteiger charge is 2.28. The third-order valence-electron chi connectivity index (χ3n) is 4.03. The van der Waals surface area contributed by atoms with E-state index in [9.17, 15) is 14.4 Å². The number of urea groups is 1. The Morgan fingerprint density at radius 1 is 1.09 bits per heavy atom. The molecular formula is C16H18N2O4. The summed E-state index contributed by atoms with van der Waals surface area (Å²) in [6.45, 7) is 0.00466. The van der Waals surface area contributed by atoms with Gasteiger partial charge in [0.05, 0.1) is 5.56 Å². The lowest BCUT2D eigenvalue weighted by atomic mass is 9.98. The quantitative estimate of drug-likeness (QED) is 0.686. The maximum atomic E-state index is 12.1. The van der Waals surface area contributed by atoms with Crippen molar-refractivity contribution in [3.63, 3.8) is 0 Å². The van der Waals surface area contributed by atoms with Crippen LogP contribution < -0.4 is 10.2 Å². The second-order valence-corrected chi connectivity index (χ2v) is 5.65. The molecule has 1 N–H and O–H groups in total. The molecule has 0 spiro atoms. The zero-order valence-corrected chi connectivity index (χ0v) is 12.2. The van der Waals surface area contributed by atoms with Crippen molar-refractivity contribution in [2.24, 2.45) is 0 Å². The van der Waals surface area contributed by atoms with Gasteiger partial charge in [0.25, 0.3) is 0 Å². The highest BCUT2D eigenvalue weighted by Crippen LogP contribution is 2.22. The number of esters is 1. The third-order valence-corrected chi connectivity index (χ3v) is 4.03. The van der Waals surface area contributed by atoms with Crippen LogP contribution >= 0.6 is 0 Å². The Hall–Kier alpha value is -2.37. The van der Waals surface area contributed by atoms with E-state index in [1.165, 1.54) is 11.3 Å². The Bertz CT molecular complexity index is 591. The zero-order valence-electron chi connectivity index (χ0n) is 12.2. The van der Waals surface area contributed by atoms with E-state index in [1.54, 1.807) is 24.3 Å². The van der Waals surface area contributed by atoms with Crippen LogP contribution in [-0.2, 0) is 9.53 Å². The molecule has 1 aliphatic carbocycles. The highest BCUT2D eigenvalue weighted by molar-refractivity contribution is 6.12. The van der Waals surface area contributed by atoms with Crippen molar-refractivity contribution < 1.29 is 19.1 Å². The predicted octanol–water partition coefficient (Wildman–Crippen LogP) is 2.23. The van der Waals surface area contributed by atoms with Crippen LogP contribution in [0, 0.1) is 0 Å². The first-order valence-corrected chi connectivity index (χ1v) is 7.56. The largest absolute Gasteiger partial charge is 0.459 e. The number of nitrogens with one attached hydrogen (secondary N) is 1. The van der Waals surface area contributed by atoms with Crippen molar-refractivity contribution in [3.8, 4) is 0 Å². The molecular weight excluding hydrogens is 284 g/mol. The van der Waals surface area contributed by atoms with E-state index in [-0.39, 0.29) is 24.5 Å². The lowest BCUT2D eigenvalue weighted by Crippen LogP contribution is -2.27. The first-order valence-electron chi connectivity index (χ1n) is 7.56. The molecule has 2 fully saturated rings. The van der Waals surface area contributed by atoms with Crippen molar-refractivity contribution >= 4 is 23.6 Å². The number of anilines is 1. The number of amides is 3. The van der Waals surface area contributed by atoms with Crippen LogP contribution in [0.2, 0.25) is 0 Å². The smallest absolute Gasteiger partial charge is 0.338 e. The second kappa shape index (κ2) is 6.17. The van der Waals surface area contributed by atoms with E-state index in [1.807, 2.05) is 0 Å². The summed E-state index contributed by atoms with van der Waals surface area (Å²) in [7, 11) is 0. The lowest BCUT2D eigenvalue weighted by molar-refractivity contribution is -0.117. The van der Waals surface area contributed by atoms with Gasteiger partial charge >= 0.3 is 12.0 Å². The van der Waals surface area contributed by atoms with Crippen LogP contribution in [0.4, 0.5) is 10.5 Å². The third kappa shape index (κ3) is 3.10. The van der Waals surface area contributed by atoms with Crippen LogP contribution in [0.3, 0.4) is 0 Å². The minimum absolute atomic E-state index is 0.00466. The number of imide groups is 1. The summed E-state index contributed by atoms with van der Waals surface area (Å²) in [5.74, 6) is -0.661. The van der Waals surface area contributed by atoms with Gasteiger partial charge in [-0.1, -0.05) is 6.42 Å². The summed E-state index contributed by atoms with van der Waals surface area (Å²) >= 11 is 0. The van der Waals surface area contributed by atoms with E-state index < -0.39 is 6.03 Å². The van der Waals surface area contributed by atoms with Gasteiger partial charge in [-0.05, 0) is 49.9 Å². The first kappa shape index (κ1) is 14.6. The van der Waals surface area contributed by atoms with Crippen molar-refractivity contribution in [1.29, 1.82) is 0 Å². The summed E-state index contributed by atoms with van der Waals surface area (Å²) in [5, 5.41) is 2.21. The summed E-state index contributed by atoms with van der Waals surface area (Å²) in [6.07, 6.45) is 5.30. The Morgan fingerprint density at radius 2 is 1.77 bits per heavy atom. The van der Waals surface area contributed by atoms with Crippen molar-refractivity contribution in [2.45, 2.75) is 38.2 Å². The van der Waals surface area contributed by atoms with E-state index in [0.717, 1.165) is 25.7 Å². The minimum atomic E-state index is -0.442. The van der Waals surface area contributed by atoms with Gasteiger partial charge in [-0.15, -0.1) is 0 Å². The Morgan fingerprint density at radius 3 is 2.36 bits per heavy atom. The molecule has 116 valence electrons. The SMILES string of the molecule is O=C1CN(c2ccc(C(=O)OC3CCCCC3)cc2)C(=O)N1. The van der Waals surface area contributed by atoms with Gasteiger partial charge in [0, 0.05) is 5.69 Å². The summed E-state index contributed by atoms with van der Waals surface area (Å²) in [6, 6.07) is 6.10. The number of nitrogens with zero attached hydrogens (tertiary/aromatic N) is 1. The Balaban J connectivity index is 1.64. The number of hydrogen-bond donors (Lipinski definition) is 1. The van der Waals surface area contributed by atoms with Gasteiger partial charge in [-0.25, -0.2) is 9.59 Å². The molecule has 1 aliphatic heterocycles. The molecule has 0 bridgehead atoms. The summed E-state index contributed by atoms with van der Waals surface area (Å²) in [5.41, 5.74) is 1.04. The number of ether oxygens (including phenoxy) is 1. The lowest BCUT2D eigenvalue weighted by Gasteiger charge is -2.22. The molecule has 1 aromatic carbocycles. The van der Waals surface area contributed by atoms with Gasteiger partial charge in [-0.2, -0.15) is 0 Å². The van der Waals surface area contributed by atoms with Gasteiger partial charge in [0.15, 0.2) is 0 Å². The van der Waals surface area contributed by atoms with E-state index >= 15 is 0 Å². The molecule has 3 rings (SSSR count). The highest BCUT2D eigenvalue weighted by atomic mass is 16.5. The maximum Gasteiger partial charge on any atom is 0.338 e. The molecule has 2 aliphatic rings. The average molecular weight is 302 g/mol. The molecule has 0 radical (unpaired) electrons. The molecule has 1 saturated heterocycles. The molecule has 0 unspecified atom stereocenters. The topological polar surface area (TPSA) is 75.7 Å². The van der Waals surface area contributed by atoms with E-state index in [2.05, 4.69) is 5.32 Å². The van der Waals surface area contributed by atoms with Crippen LogP contribution in [-0.4, -0.2) is 30.6 Å². The monoisotopic (exact) mass is 302 g/mol. The fourth-order valence-corrected chi connectivity index (χ4v) is 2.83. The molecule has 1 heterocycles. The molecule has 6 heteroatoms. The predicted molar refractivity (Wildman–Crippen MR) is 79.6 cm³/mol. The van der Waals surface area contributed by atoms with Crippen LogP contribution in [0.15, 0.2) is 24.3 Å². The number of hydrogen-bond acceptors (Lipinski definition) is 4. The molecule has 0 aromatic heterocycles. The minimum Gasteiger partial charge on any atom is -0.459 e. The Kier molecular flexibility index (Phi) is 4.09. The summed E-state index contributed by atoms with van der Waals surface area (Å²) < 4.78 is 5.49. The van der Waals surface area contributed by atoms with Gasteiger partial charge < -0.3 is 4.74 Å². The molecule has 6 nitrogen and oxygen atoms in total.